The van der Waals surface area contributed by atoms with Crippen molar-refractivity contribution in [2.75, 3.05) is 12.3 Å². The largest absolute Gasteiger partial charge is 0.355 e. The molecule has 1 N–H and O–H groups in total. The Morgan fingerprint density at radius 2 is 1.71 bits per heavy atom. The molecule has 3 aromatic rings. The van der Waals surface area contributed by atoms with Gasteiger partial charge in [0.25, 0.3) is 0 Å². The van der Waals surface area contributed by atoms with E-state index < -0.39 is 11.9 Å². The molecule has 0 saturated heterocycles. The summed E-state index contributed by atoms with van der Waals surface area (Å²) in [6, 6.07) is 21.5. The van der Waals surface area contributed by atoms with Gasteiger partial charge in [0, 0.05) is 35.8 Å². The van der Waals surface area contributed by atoms with Gasteiger partial charge in [0.2, 0.25) is 11.8 Å². The van der Waals surface area contributed by atoms with Crippen LogP contribution in [-0.2, 0) is 28.3 Å². The second-order valence-electron chi connectivity index (χ2n) is 8.30. The topological polar surface area (TPSA) is 49.4 Å². The predicted molar refractivity (Wildman–Crippen MR) is 142 cm³/mol. The lowest BCUT2D eigenvalue weighted by Crippen LogP contribution is -2.51. The number of carbonyl (C=O) groups is 2. The monoisotopic (exact) mass is 512 g/mol. The molecule has 0 bridgehead atoms. The summed E-state index contributed by atoms with van der Waals surface area (Å²) in [7, 11) is 0. The van der Waals surface area contributed by atoms with E-state index in [-0.39, 0.29) is 23.3 Å². The number of amides is 2. The Kier molecular flexibility index (Phi) is 10.2. The summed E-state index contributed by atoms with van der Waals surface area (Å²) in [4.78, 5) is 28.3. The number of nitrogens with one attached hydrogen (secondary N) is 1. The summed E-state index contributed by atoms with van der Waals surface area (Å²) in [5.74, 6) is -0.408. The maximum Gasteiger partial charge on any atom is 0.243 e. The van der Waals surface area contributed by atoms with Crippen LogP contribution in [0.2, 0.25) is 5.02 Å². The normalized spacial score (nSPS) is 11.7. The van der Waals surface area contributed by atoms with E-state index in [9.17, 15) is 14.0 Å². The third-order valence-corrected chi connectivity index (χ3v) is 6.93. The van der Waals surface area contributed by atoms with Gasteiger partial charge in [0.1, 0.15) is 11.9 Å². The van der Waals surface area contributed by atoms with Gasteiger partial charge in [-0.05, 0) is 37.1 Å². The first kappa shape index (κ1) is 26.8. The lowest BCUT2D eigenvalue weighted by Gasteiger charge is -2.31. The highest BCUT2D eigenvalue weighted by atomic mass is 35.5. The number of halogens is 2. The number of hydrogen-bond acceptors (Lipinski definition) is 3. The van der Waals surface area contributed by atoms with Crippen LogP contribution in [0, 0.1) is 12.7 Å². The van der Waals surface area contributed by atoms with E-state index >= 15 is 0 Å². The Balaban J connectivity index is 1.84. The van der Waals surface area contributed by atoms with Gasteiger partial charge in [-0.15, -0.1) is 11.8 Å². The van der Waals surface area contributed by atoms with Gasteiger partial charge in [-0.25, -0.2) is 4.39 Å². The molecule has 3 rings (SSSR count). The molecule has 3 aromatic carbocycles. The second kappa shape index (κ2) is 13.3. The number of aryl methyl sites for hydroxylation is 1. The van der Waals surface area contributed by atoms with E-state index in [0.717, 1.165) is 16.7 Å². The minimum Gasteiger partial charge on any atom is -0.355 e. The number of thioether (sulfide) groups is 1. The summed E-state index contributed by atoms with van der Waals surface area (Å²) in [5, 5.41) is 3.22. The van der Waals surface area contributed by atoms with Crippen LogP contribution in [0.5, 0.6) is 0 Å². The molecule has 0 unspecified atom stereocenters. The minimum absolute atomic E-state index is 0.0984. The molecule has 184 valence electrons. The SMILES string of the molecule is CCNC(=O)[C@@H](Cc1ccccc1)N(Cc1ccc(C)cc1)C(=O)CSCc1c(F)cccc1Cl. The number of hydrogen-bond donors (Lipinski definition) is 1. The fraction of sp³-hybridized carbons (Fsp3) is 0.286. The number of likely N-dealkylation sites (N-methyl/N-ethyl adjacent to an activating group) is 1. The number of rotatable bonds is 11. The van der Waals surface area contributed by atoms with Crippen molar-refractivity contribution in [1.82, 2.24) is 10.2 Å². The lowest BCUT2D eigenvalue weighted by atomic mass is 10.0. The fourth-order valence-electron chi connectivity index (χ4n) is 3.73. The van der Waals surface area contributed by atoms with E-state index in [1.165, 1.54) is 17.8 Å². The molecule has 0 saturated carbocycles. The number of carbonyl (C=O) groups excluding carboxylic acids is 2. The third-order valence-electron chi connectivity index (χ3n) is 5.63. The highest BCUT2D eigenvalue weighted by Crippen LogP contribution is 2.25. The molecule has 0 fully saturated rings. The summed E-state index contributed by atoms with van der Waals surface area (Å²) in [6.45, 7) is 4.63. The number of benzene rings is 3. The first-order valence-corrected chi connectivity index (χ1v) is 13.1. The zero-order valence-electron chi connectivity index (χ0n) is 20.0. The van der Waals surface area contributed by atoms with Crippen LogP contribution in [0.3, 0.4) is 0 Å². The average Bonchev–Trinajstić information content (AvgIpc) is 2.85. The quantitative estimate of drug-likeness (QED) is 0.353. The molecule has 2 amide bonds. The molecule has 1 atom stereocenters. The van der Waals surface area contributed by atoms with E-state index in [1.54, 1.807) is 17.0 Å². The first-order valence-electron chi connectivity index (χ1n) is 11.6. The molecule has 0 radical (unpaired) electrons. The van der Waals surface area contributed by atoms with E-state index in [4.69, 9.17) is 11.6 Å². The van der Waals surface area contributed by atoms with Crippen LogP contribution in [-0.4, -0.2) is 35.1 Å². The van der Waals surface area contributed by atoms with Gasteiger partial charge in [0.15, 0.2) is 0 Å². The molecule has 0 aliphatic rings. The smallest absolute Gasteiger partial charge is 0.243 e. The zero-order valence-corrected chi connectivity index (χ0v) is 21.5. The molecule has 0 spiro atoms. The maximum absolute atomic E-state index is 14.2. The molecule has 0 heterocycles. The van der Waals surface area contributed by atoms with Crippen molar-refractivity contribution >= 4 is 35.2 Å². The van der Waals surface area contributed by atoms with Crippen LogP contribution in [0.1, 0.15) is 29.2 Å². The van der Waals surface area contributed by atoms with Crippen molar-refractivity contribution in [1.29, 1.82) is 0 Å². The summed E-state index contributed by atoms with van der Waals surface area (Å²) >= 11 is 7.43. The van der Waals surface area contributed by atoms with Gasteiger partial charge >= 0.3 is 0 Å². The molecule has 7 heteroatoms. The first-order chi connectivity index (χ1) is 16.9. The van der Waals surface area contributed by atoms with Crippen LogP contribution in [0.4, 0.5) is 4.39 Å². The maximum atomic E-state index is 14.2. The molecular weight excluding hydrogens is 483 g/mol. The third kappa shape index (κ3) is 7.84. The van der Waals surface area contributed by atoms with Crippen LogP contribution < -0.4 is 5.32 Å². The Bertz CT molecular complexity index is 1110. The van der Waals surface area contributed by atoms with Gasteiger partial charge in [0.05, 0.1) is 5.75 Å². The average molecular weight is 513 g/mol. The van der Waals surface area contributed by atoms with Gasteiger partial charge in [-0.1, -0.05) is 77.8 Å². The van der Waals surface area contributed by atoms with E-state index in [0.29, 0.717) is 30.1 Å². The highest BCUT2D eigenvalue weighted by Gasteiger charge is 2.30. The minimum atomic E-state index is -0.677. The molecule has 4 nitrogen and oxygen atoms in total. The molecule has 0 aliphatic heterocycles. The van der Waals surface area contributed by atoms with E-state index in [1.807, 2.05) is 68.4 Å². The van der Waals surface area contributed by atoms with Crippen LogP contribution in [0.25, 0.3) is 0 Å². The Hall–Kier alpha value is -2.83. The molecule has 35 heavy (non-hydrogen) atoms. The Labute approximate surface area is 215 Å². The van der Waals surface area contributed by atoms with Crippen molar-refractivity contribution in [3.05, 3.63) is 106 Å². The fourth-order valence-corrected chi connectivity index (χ4v) is 4.98. The van der Waals surface area contributed by atoms with Crippen molar-refractivity contribution in [2.45, 2.75) is 38.6 Å². The van der Waals surface area contributed by atoms with Gasteiger partial charge < -0.3 is 10.2 Å². The highest BCUT2D eigenvalue weighted by molar-refractivity contribution is 7.99. The molecule has 0 aliphatic carbocycles. The Morgan fingerprint density at radius 1 is 1.00 bits per heavy atom. The van der Waals surface area contributed by atoms with Crippen molar-refractivity contribution < 1.29 is 14.0 Å². The van der Waals surface area contributed by atoms with Gasteiger partial charge in [-0.2, -0.15) is 0 Å². The van der Waals surface area contributed by atoms with E-state index in [2.05, 4.69) is 5.32 Å². The predicted octanol–water partition coefficient (Wildman–Crippen LogP) is 5.80. The molecule has 0 aromatic heterocycles. The lowest BCUT2D eigenvalue weighted by molar-refractivity contribution is -0.139. The second-order valence-corrected chi connectivity index (χ2v) is 9.69. The zero-order chi connectivity index (χ0) is 25.2. The number of nitrogens with zero attached hydrogens (tertiary/aromatic N) is 1. The van der Waals surface area contributed by atoms with Crippen LogP contribution >= 0.6 is 23.4 Å². The van der Waals surface area contributed by atoms with Gasteiger partial charge in [-0.3, -0.25) is 9.59 Å². The standard InChI is InChI=1S/C28H30ClFN2O2S/c1-3-31-28(34)26(16-21-8-5-4-6-9-21)32(17-22-14-12-20(2)13-15-22)27(33)19-35-18-23-24(29)10-7-11-25(23)30/h4-15,26H,3,16-19H2,1-2H3,(H,31,34)/t26-/m1/s1. The van der Waals surface area contributed by atoms with Crippen molar-refractivity contribution in [3.8, 4) is 0 Å². The van der Waals surface area contributed by atoms with Crippen molar-refractivity contribution in [3.63, 3.8) is 0 Å². The van der Waals surface area contributed by atoms with Crippen molar-refractivity contribution in [2.24, 2.45) is 0 Å². The Morgan fingerprint density at radius 3 is 2.37 bits per heavy atom. The summed E-state index contributed by atoms with van der Waals surface area (Å²) < 4.78 is 14.2. The summed E-state index contributed by atoms with van der Waals surface area (Å²) in [6.07, 6.45) is 0.397. The molecular formula is C28H30ClFN2O2S. The van der Waals surface area contributed by atoms with Crippen LogP contribution in [0.15, 0.2) is 72.8 Å². The summed E-state index contributed by atoms with van der Waals surface area (Å²) in [5.41, 5.74) is 3.40.